The van der Waals surface area contributed by atoms with Crippen LogP contribution in [0.3, 0.4) is 0 Å². The lowest BCUT2D eigenvalue weighted by atomic mass is 10.1. The minimum atomic E-state index is -0.655. The number of rotatable bonds is 9. The summed E-state index contributed by atoms with van der Waals surface area (Å²) in [7, 11) is 1.23. The van der Waals surface area contributed by atoms with Crippen LogP contribution in [0, 0.1) is 3.57 Å². The first kappa shape index (κ1) is 27.8. The molecule has 198 valence electrons. The molecule has 3 aromatic rings. The monoisotopic (exact) mass is 670 g/mol. The number of esters is 1. The van der Waals surface area contributed by atoms with Crippen molar-refractivity contribution in [3.63, 3.8) is 0 Å². The van der Waals surface area contributed by atoms with Gasteiger partial charge in [-0.2, -0.15) is 0 Å². The van der Waals surface area contributed by atoms with Gasteiger partial charge in [0.15, 0.2) is 11.5 Å². The normalized spacial score (nSPS) is 14.1. The van der Waals surface area contributed by atoms with E-state index in [9.17, 15) is 14.4 Å². The molecular weight excluding hydrogens is 650 g/mol. The van der Waals surface area contributed by atoms with E-state index in [1.165, 1.54) is 19.2 Å². The standard InChI is InChI=1S/C26H21Cl2IN2O7/c1-3-36-22-11-15(9-19(29)23(22)37-13-14-4-6-17(27)18(28)8-14)10-20-24(32)31(26(34)30-20)12-16-5-7-21(38-16)25(33)35-2/h4-11H,3,12-13H2,1-2H3,(H,30,34)/b20-10-. The summed E-state index contributed by atoms with van der Waals surface area (Å²) >= 11 is 14.2. The smallest absolute Gasteiger partial charge is 0.373 e. The Balaban J connectivity index is 1.53. The van der Waals surface area contributed by atoms with Gasteiger partial charge in [0.05, 0.1) is 33.9 Å². The second-order valence-corrected chi connectivity index (χ2v) is 9.91. The van der Waals surface area contributed by atoms with Crippen molar-refractivity contribution in [2.45, 2.75) is 20.1 Å². The molecule has 2 heterocycles. The third-order valence-corrected chi connectivity index (χ3v) is 6.87. The Morgan fingerprint density at radius 2 is 1.89 bits per heavy atom. The highest BCUT2D eigenvalue weighted by atomic mass is 127. The summed E-state index contributed by atoms with van der Waals surface area (Å²) < 4.78 is 22.5. The number of methoxy groups -OCH3 is 1. The van der Waals surface area contributed by atoms with E-state index in [4.69, 9.17) is 37.1 Å². The lowest BCUT2D eigenvalue weighted by Gasteiger charge is -2.15. The Bertz CT molecular complexity index is 1440. The molecule has 0 bridgehead atoms. The molecule has 9 nitrogen and oxygen atoms in total. The van der Waals surface area contributed by atoms with E-state index in [1.54, 1.807) is 30.3 Å². The number of amides is 3. The molecule has 0 saturated carbocycles. The van der Waals surface area contributed by atoms with Crippen molar-refractivity contribution in [1.82, 2.24) is 10.2 Å². The van der Waals surface area contributed by atoms with Crippen LogP contribution in [0.5, 0.6) is 11.5 Å². The molecule has 1 aliphatic heterocycles. The molecule has 1 saturated heterocycles. The molecule has 12 heteroatoms. The molecule has 4 rings (SSSR count). The highest BCUT2D eigenvalue weighted by Gasteiger charge is 2.34. The Kier molecular flexibility index (Phi) is 8.85. The zero-order valence-corrected chi connectivity index (χ0v) is 23.8. The fourth-order valence-corrected chi connectivity index (χ4v) is 4.67. The molecule has 1 fully saturated rings. The van der Waals surface area contributed by atoms with Crippen molar-refractivity contribution < 1.29 is 33.0 Å². The van der Waals surface area contributed by atoms with Crippen LogP contribution in [0.4, 0.5) is 4.79 Å². The summed E-state index contributed by atoms with van der Waals surface area (Å²) in [5.74, 6) is 0.0443. The number of nitrogens with one attached hydrogen (secondary N) is 1. The van der Waals surface area contributed by atoms with E-state index in [0.717, 1.165) is 14.0 Å². The number of ether oxygens (including phenoxy) is 3. The number of imide groups is 1. The molecule has 1 N–H and O–H groups in total. The van der Waals surface area contributed by atoms with Gasteiger partial charge in [-0.05, 0) is 83.1 Å². The van der Waals surface area contributed by atoms with Gasteiger partial charge in [-0.15, -0.1) is 0 Å². The largest absolute Gasteiger partial charge is 0.490 e. The van der Waals surface area contributed by atoms with Gasteiger partial charge >= 0.3 is 12.0 Å². The third-order valence-electron chi connectivity index (χ3n) is 5.33. The molecule has 1 aromatic heterocycles. The molecule has 38 heavy (non-hydrogen) atoms. The van der Waals surface area contributed by atoms with Crippen LogP contribution >= 0.6 is 45.8 Å². The topological polar surface area (TPSA) is 107 Å². The van der Waals surface area contributed by atoms with Gasteiger partial charge in [0.1, 0.15) is 18.1 Å². The van der Waals surface area contributed by atoms with Crippen molar-refractivity contribution in [3.8, 4) is 11.5 Å². The fraction of sp³-hybridized carbons (Fsp3) is 0.192. The number of furan rings is 1. The van der Waals surface area contributed by atoms with Crippen molar-refractivity contribution in [1.29, 1.82) is 0 Å². The number of carbonyl (C=O) groups excluding carboxylic acids is 3. The lowest BCUT2D eigenvalue weighted by molar-refractivity contribution is -0.123. The summed E-state index contributed by atoms with van der Waals surface area (Å²) in [4.78, 5) is 38.0. The van der Waals surface area contributed by atoms with E-state index in [1.807, 2.05) is 13.0 Å². The van der Waals surface area contributed by atoms with Crippen molar-refractivity contribution in [2.75, 3.05) is 13.7 Å². The van der Waals surface area contributed by atoms with Crippen LogP contribution in [0.15, 0.2) is 52.6 Å². The molecule has 0 radical (unpaired) electrons. The minimum Gasteiger partial charge on any atom is -0.490 e. The summed E-state index contributed by atoms with van der Waals surface area (Å²) in [6, 6.07) is 11.1. The second-order valence-electron chi connectivity index (χ2n) is 7.94. The van der Waals surface area contributed by atoms with Crippen LogP contribution in [-0.4, -0.2) is 36.5 Å². The SMILES string of the molecule is CCOc1cc(/C=C2\NC(=O)N(Cc3ccc(C(=O)OC)o3)C2=O)cc(I)c1OCc1ccc(Cl)c(Cl)c1. The van der Waals surface area contributed by atoms with Crippen LogP contribution in [0.2, 0.25) is 10.0 Å². The van der Waals surface area contributed by atoms with Crippen LogP contribution in [0.1, 0.15) is 34.4 Å². The molecule has 0 unspecified atom stereocenters. The number of nitrogens with zero attached hydrogens (tertiary/aromatic N) is 1. The Morgan fingerprint density at radius 3 is 2.61 bits per heavy atom. The van der Waals surface area contributed by atoms with E-state index >= 15 is 0 Å². The molecule has 3 amide bonds. The molecule has 1 aliphatic rings. The summed E-state index contributed by atoms with van der Waals surface area (Å²) in [6.45, 7) is 2.32. The Labute approximate surface area is 241 Å². The maximum Gasteiger partial charge on any atom is 0.373 e. The first-order valence-corrected chi connectivity index (χ1v) is 13.1. The molecule has 0 spiro atoms. The number of carbonyl (C=O) groups is 3. The maximum absolute atomic E-state index is 13.0. The maximum atomic E-state index is 13.0. The van der Waals surface area contributed by atoms with Gasteiger partial charge in [-0.3, -0.25) is 9.69 Å². The van der Waals surface area contributed by atoms with Gasteiger partial charge in [0.2, 0.25) is 5.76 Å². The van der Waals surface area contributed by atoms with Gasteiger partial charge in [-0.1, -0.05) is 29.3 Å². The van der Waals surface area contributed by atoms with E-state index < -0.39 is 17.9 Å². The van der Waals surface area contributed by atoms with Crippen molar-refractivity contribution in [2.24, 2.45) is 0 Å². The highest BCUT2D eigenvalue weighted by Crippen LogP contribution is 2.36. The number of halogens is 3. The van der Waals surface area contributed by atoms with Crippen LogP contribution in [0.25, 0.3) is 6.08 Å². The first-order chi connectivity index (χ1) is 18.2. The molecule has 2 aromatic carbocycles. The van der Waals surface area contributed by atoms with E-state index in [-0.39, 0.29) is 30.4 Å². The first-order valence-electron chi connectivity index (χ1n) is 11.2. The van der Waals surface area contributed by atoms with Crippen LogP contribution in [-0.2, 0) is 22.7 Å². The van der Waals surface area contributed by atoms with Gasteiger partial charge in [0, 0.05) is 0 Å². The third kappa shape index (κ3) is 6.25. The average Bonchev–Trinajstić information content (AvgIpc) is 3.46. The lowest BCUT2D eigenvalue weighted by Crippen LogP contribution is -2.30. The number of hydrogen-bond donors (Lipinski definition) is 1. The van der Waals surface area contributed by atoms with Gasteiger partial charge < -0.3 is 23.9 Å². The second kappa shape index (κ2) is 12.1. The number of hydrogen-bond acceptors (Lipinski definition) is 7. The van der Waals surface area contributed by atoms with Crippen molar-refractivity contribution in [3.05, 3.63) is 84.4 Å². The van der Waals surface area contributed by atoms with Gasteiger partial charge in [-0.25, -0.2) is 9.59 Å². The molecule has 0 aliphatic carbocycles. The predicted octanol–water partition coefficient (Wildman–Crippen LogP) is 6.05. The zero-order chi connectivity index (χ0) is 27.4. The minimum absolute atomic E-state index is 0.0233. The highest BCUT2D eigenvalue weighted by molar-refractivity contribution is 14.1. The summed E-state index contributed by atoms with van der Waals surface area (Å²) in [5.41, 5.74) is 1.53. The number of benzene rings is 2. The quantitative estimate of drug-likeness (QED) is 0.128. The Hall–Kier alpha value is -3.22. The number of urea groups is 1. The molecule has 0 atom stereocenters. The molecular formula is C26H21Cl2IN2O7. The van der Waals surface area contributed by atoms with E-state index in [0.29, 0.717) is 33.7 Å². The fourth-order valence-electron chi connectivity index (χ4n) is 3.57. The van der Waals surface area contributed by atoms with Crippen molar-refractivity contribution >= 4 is 69.8 Å². The predicted molar refractivity (Wildman–Crippen MR) is 148 cm³/mol. The average molecular weight is 671 g/mol. The summed E-state index contributed by atoms with van der Waals surface area (Å²) in [5, 5.41) is 3.46. The van der Waals surface area contributed by atoms with Gasteiger partial charge in [0.25, 0.3) is 5.91 Å². The summed E-state index contributed by atoms with van der Waals surface area (Å²) in [6.07, 6.45) is 1.55. The van der Waals surface area contributed by atoms with Crippen LogP contribution < -0.4 is 14.8 Å². The van der Waals surface area contributed by atoms with E-state index in [2.05, 4.69) is 32.6 Å². The zero-order valence-electron chi connectivity index (χ0n) is 20.2. The Morgan fingerprint density at radius 1 is 1.11 bits per heavy atom.